The lowest BCUT2D eigenvalue weighted by Crippen LogP contribution is -2.31. The number of aromatic nitrogens is 4. The van der Waals surface area contributed by atoms with E-state index >= 15 is 0 Å². The topological polar surface area (TPSA) is 102 Å². The molecule has 0 amide bonds. The number of alkyl halides is 3. The molecule has 1 aliphatic rings. The number of carboxylic acid groups (broad SMARTS) is 1. The molecule has 0 radical (unpaired) electrons. The number of methoxy groups -OCH3 is 1. The highest BCUT2D eigenvalue weighted by Crippen LogP contribution is 2.36. The van der Waals surface area contributed by atoms with E-state index in [-0.39, 0.29) is 18.2 Å². The summed E-state index contributed by atoms with van der Waals surface area (Å²) in [6.07, 6.45) is -1.23. The van der Waals surface area contributed by atoms with E-state index in [0.717, 1.165) is 31.4 Å². The molecule has 0 aliphatic heterocycles. The third-order valence-corrected chi connectivity index (χ3v) is 7.36. The van der Waals surface area contributed by atoms with Crippen molar-refractivity contribution in [3.8, 4) is 17.1 Å². The van der Waals surface area contributed by atoms with E-state index in [1.54, 1.807) is 22.8 Å². The average molecular weight is 560 g/mol. The fourth-order valence-electron chi connectivity index (χ4n) is 4.66. The molecule has 0 saturated heterocycles. The normalized spacial score (nSPS) is 14.7. The van der Waals surface area contributed by atoms with Crippen molar-refractivity contribution in [1.29, 1.82) is 0 Å². The van der Waals surface area contributed by atoms with Crippen LogP contribution < -0.4 is 10.1 Å². The first-order chi connectivity index (χ1) is 18.5. The highest BCUT2D eigenvalue weighted by molar-refractivity contribution is 6.32. The van der Waals surface area contributed by atoms with E-state index in [1.807, 2.05) is 6.92 Å². The molecular weight excluding hydrogens is 535 g/mol. The molecule has 2 N–H and O–H groups in total. The van der Waals surface area contributed by atoms with Crippen LogP contribution in [0.15, 0.2) is 42.5 Å². The predicted octanol–water partition coefficient (Wildman–Crippen LogP) is 6.52. The lowest BCUT2D eigenvalue weighted by molar-refractivity contribution is -0.137. The van der Waals surface area contributed by atoms with Crippen LogP contribution in [0.3, 0.4) is 0 Å². The van der Waals surface area contributed by atoms with Crippen LogP contribution in [0.2, 0.25) is 5.02 Å². The largest absolute Gasteiger partial charge is 0.495 e. The van der Waals surface area contributed by atoms with Crippen molar-refractivity contribution in [2.24, 2.45) is 5.92 Å². The number of nitrogens with zero attached hydrogens (tertiary/aromatic N) is 4. The van der Waals surface area contributed by atoms with Gasteiger partial charge in [-0.15, -0.1) is 0 Å². The Morgan fingerprint density at radius 1 is 1.18 bits per heavy atom. The van der Waals surface area contributed by atoms with E-state index in [2.05, 4.69) is 20.3 Å². The van der Waals surface area contributed by atoms with Gasteiger partial charge in [-0.1, -0.05) is 30.2 Å². The summed E-state index contributed by atoms with van der Waals surface area (Å²) in [5.74, 6) is -0.209. The molecule has 2 aromatic carbocycles. The molecule has 8 nitrogen and oxygen atoms in total. The second kappa shape index (κ2) is 10.4. The molecule has 12 heteroatoms. The van der Waals surface area contributed by atoms with Crippen molar-refractivity contribution in [2.45, 2.75) is 44.9 Å². The fourth-order valence-corrected chi connectivity index (χ4v) is 4.86. The standard InChI is InChI=1S/C27H25ClF3N5O3/c1-14(16-4-3-5-16)32-22-21-23(34-24(33-22)26(37)38)35-25(17-8-11-19(28)20(12-17)39-2)36(21)13-15-6-9-18(10-7-15)27(29,30)31/h6-12,14,16H,3-5,13H2,1-2H3,(H,37,38)(H,32,33,34). The summed E-state index contributed by atoms with van der Waals surface area (Å²) in [4.78, 5) is 25.0. The van der Waals surface area contributed by atoms with Gasteiger partial charge in [-0.3, -0.25) is 0 Å². The van der Waals surface area contributed by atoms with Crippen LogP contribution in [-0.4, -0.2) is 43.7 Å². The number of aromatic carboxylic acids is 1. The maximum absolute atomic E-state index is 13.2. The van der Waals surface area contributed by atoms with Crippen LogP contribution in [0.4, 0.5) is 19.0 Å². The van der Waals surface area contributed by atoms with Crippen molar-refractivity contribution in [2.75, 3.05) is 12.4 Å². The number of nitrogens with one attached hydrogen (secondary N) is 1. The van der Waals surface area contributed by atoms with Gasteiger partial charge in [0.25, 0.3) is 0 Å². The van der Waals surface area contributed by atoms with Crippen LogP contribution in [-0.2, 0) is 12.7 Å². The van der Waals surface area contributed by atoms with Gasteiger partial charge in [0.1, 0.15) is 17.1 Å². The zero-order chi connectivity index (χ0) is 27.9. The molecule has 1 saturated carbocycles. The number of rotatable bonds is 8. The van der Waals surface area contributed by atoms with Gasteiger partial charge in [0.15, 0.2) is 11.5 Å². The highest BCUT2D eigenvalue weighted by Gasteiger charge is 2.30. The van der Waals surface area contributed by atoms with Crippen molar-refractivity contribution >= 4 is 34.6 Å². The maximum atomic E-state index is 13.2. The molecule has 1 atom stereocenters. The number of hydrogen-bond acceptors (Lipinski definition) is 6. The monoisotopic (exact) mass is 559 g/mol. The van der Waals surface area contributed by atoms with Gasteiger partial charge >= 0.3 is 12.1 Å². The zero-order valence-electron chi connectivity index (χ0n) is 21.1. The Labute approximate surface area is 226 Å². The minimum absolute atomic E-state index is 0.00647. The van der Waals surface area contributed by atoms with Gasteiger partial charge in [0, 0.05) is 18.2 Å². The third-order valence-electron chi connectivity index (χ3n) is 7.05. The molecule has 2 aromatic heterocycles. The highest BCUT2D eigenvalue weighted by atomic mass is 35.5. The van der Waals surface area contributed by atoms with Crippen LogP contribution in [0.1, 0.15) is 47.9 Å². The lowest BCUT2D eigenvalue weighted by Gasteiger charge is -2.32. The minimum atomic E-state index is -4.46. The second-order valence-corrected chi connectivity index (χ2v) is 9.97. The maximum Gasteiger partial charge on any atom is 0.416 e. The molecule has 2 heterocycles. The van der Waals surface area contributed by atoms with Crippen LogP contribution in [0.25, 0.3) is 22.6 Å². The number of ether oxygens (including phenoxy) is 1. The van der Waals surface area contributed by atoms with Crippen LogP contribution >= 0.6 is 11.6 Å². The summed E-state index contributed by atoms with van der Waals surface area (Å²) in [5, 5.41) is 13.4. The Morgan fingerprint density at radius 2 is 1.90 bits per heavy atom. The Kier molecular flexibility index (Phi) is 7.11. The first-order valence-corrected chi connectivity index (χ1v) is 12.7. The minimum Gasteiger partial charge on any atom is -0.495 e. The van der Waals surface area contributed by atoms with Gasteiger partial charge in [0.05, 0.1) is 17.7 Å². The SMILES string of the molecule is COc1cc(-c2nc3nc(C(=O)O)nc(NC(C)C4CCC4)c3n2Cc2ccc(C(F)(F)F)cc2)ccc1Cl. The Hall–Kier alpha value is -3.86. The second-order valence-electron chi connectivity index (χ2n) is 9.56. The van der Waals surface area contributed by atoms with E-state index in [1.165, 1.54) is 19.2 Å². The van der Waals surface area contributed by atoms with Gasteiger partial charge in [0.2, 0.25) is 5.82 Å². The number of carbonyl (C=O) groups is 1. The van der Waals surface area contributed by atoms with Crippen LogP contribution in [0, 0.1) is 5.92 Å². The van der Waals surface area contributed by atoms with Gasteiger partial charge < -0.3 is 19.7 Å². The Morgan fingerprint density at radius 3 is 2.49 bits per heavy atom. The number of hydrogen-bond donors (Lipinski definition) is 2. The molecule has 0 spiro atoms. The van der Waals surface area contributed by atoms with E-state index in [4.69, 9.17) is 16.3 Å². The number of benzene rings is 2. The summed E-state index contributed by atoms with van der Waals surface area (Å²) in [7, 11) is 1.48. The van der Waals surface area contributed by atoms with Crippen molar-refractivity contribution < 1.29 is 27.8 Å². The summed E-state index contributed by atoms with van der Waals surface area (Å²) in [6.45, 7) is 2.14. The molecule has 39 heavy (non-hydrogen) atoms. The van der Waals surface area contributed by atoms with E-state index in [9.17, 15) is 23.1 Å². The quantitative estimate of drug-likeness (QED) is 0.253. The smallest absolute Gasteiger partial charge is 0.416 e. The number of anilines is 1. The first-order valence-electron chi connectivity index (χ1n) is 12.3. The third kappa shape index (κ3) is 5.36. The van der Waals surface area contributed by atoms with Gasteiger partial charge in [-0.25, -0.2) is 19.7 Å². The van der Waals surface area contributed by atoms with Gasteiger partial charge in [-0.2, -0.15) is 13.2 Å². The summed E-state index contributed by atoms with van der Waals surface area (Å²) < 4.78 is 46.6. The summed E-state index contributed by atoms with van der Waals surface area (Å²) in [6, 6.07) is 9.91. The fraction of sp³-hybridized carbons (Fsp3) is 0.333. The molecule has 204 valence electrons. The van der Waals surface area contributed by atoms with Crippen molar-refractivity contribution in [3.05, 3.63) is 64.4 Å². The Bertz CT molecular complexity index is 1530. The molecule has 4 aromatic rings. The first kappa shape index (κ1) is 26.7. The van der Waals surface area contributed by atoms with Crippen molar-refractivity contribution in [1.82, 2.24) is 19.5 Å². The van der Waals surface area contributed by atoms with Gasteiger partial charge in [-0.05, 0) is 61.6 Å². The summed E-state index contributed by atoms with van der Waals surface area (Å²) >= 11 is 6.23. The molecule has 0 bridgehead atoms. The van der Waals surface area contributed by atoms with E-state index in [0.29, 0.717) is 45.0 Å². The molecule has 5 rings (SSSR count). The number of imidazole rings is 1. The van der Waals surface area contributed by atoms with Crippen LogP contribution in [0.5, 0.6) is 5.75 Å². The number of carboxylic acids is 1. The molecular formula is C27H25ClF3N5O3. The lowest BCUT2D eigenvalue weighted by atomic mass is 9.80. The summed E-state index contributed by atoms with van der Waals surface area (Å²) in [5.41, 5.74) is 0.993. The zero-order valence-corrected chi connectivity index (χ0v) is 21.8. The predicted molar refractivity (Wildman–Crippen MR) is 140 cm³/mol. The molecule has 1 fully saturated rings. The average Bonchev–Trinajstić information content (AvgIpc) is 3.21. The van der Waals surface area contributed by atoms with Crippen molar-refractivity contribution in [3.63, 3.8) is 0 Å². The number of halogens is 4. The molecule has 1 aliphatic carbocycles. The molecule has 1 unspecified atom stereocenters. The van der Waals surface area contributed by atoms with E-state index < -0.39 is 23.5 Å². The Balaban J connectivity index is 1.70. The number of fused-ring (bicyclic) bond motifs is 1.